The normalized spacial score (nSPS) is 11.8. The summed E-state index contributed by atoms with van der Waals surface area (Å²) in [6.45, 7) is 8.22. The van der Waals surface area contributed by atoms with Crippen molar-refractivity contribution >= 4 is 33.1 Å². The van der Waals surface area contributed by atoms with E-state index in [1.165, 1.54) is 0 Å². The van der Waals surface area contributed by atoms with E-state index in [9.17, 15) is 0 Å². The molecule has 0 aliphatic carbocycles. The number of anilines is 1. The zero-order chi connectivity index (χ0) is 13.5. The molecule has 96 valence electrons. The third-order valence-corrected chi connectivity index (χ3v) is 4.53. The molecule has 0 radical (unpaired) electrons. The Labute approximate surface area is 120 Å². The van der Waals surface area contributed by atoms with Crippen molar-refractivity contribution in [2.75, 3.05) is 5.73 Å². The van der Waals surface area contributed by atoms with Crippen LogP contribution < -0.4 is 5.73 Å². The first-order chi connectivity index (χ1) is 8.30. The predicted molar refractivity (Wildman–Crippen MR) is 80.9 cm³/mol. The molecular weight excluding hydrogens is 310 g/mol. The molecule has 2 aromatic rings. The molecule has 2 N–H and O–H groups in total. The lowest BCUT2D eigenvalue weighted by molar-refractivity contribution is 0.546. The van der Waals surface area contributed by atoms with E-state index in [0.29, 0.717) is 5.82 Å². The standard InChI is InChI=1S/C13H16BrN3S/c1-7-9(10-8(14)5-6-18-10)16-12(13(2,3)4)17-11(7)15/h5-6H,1-4H3,(H2,15,16,17). The Bertz CT molecular complexity index is 584. The maximum absolute atomic E-state index is 6.01. The average Bonchev–Trinajstić information content (AvgIpc) is 2.67. The quantitative estimate of drug-likeness (QED) is 0.856. The monoisotopic (exact) mass is 325 g/mol. The van der Waals surface area contributed by atoms with Gasteiger partial charge in [-0.2, -0.15) is 0 Å². The van der Waals surface area contributed by atoms with Crippen LogP contribution >= 0.6 is 27.3 Å². The van der Waals surface area contributed by atoms with Gasteiger partial charge < -0.3 is 5.73 Å². The van der Waals surface area contributed by atoms with Gasteiger partial charge in [0, 0.05) is 15.5 Å². The molecule has 18 heavy (non-hydrogen) atoms. The zero-order valence-electron chi connectivity index (χ0n) is 10.9. The van der Waals surface area contributed by atoms with Gasteiger partial charge in [0.1, 0.15) is 11.6 Å². The van der Waals surface area contributed by atoms with E-state index in [1.807, 2.05) is 18.4 Å². The largest absolute Gasteiger partial charge is 0.383 e. The van der Waals surface area contributed by atoms with Gasteiger partial charge in [-0.25, -0.2) is 9.97 Å². The molecule has 2 heterocycles. The lowest BCUT2D eigenvalue weighted by atomic mass is 9.95. The van der Waals surface area contributed by atoms with Crippen LogP contribution in [0.4, 0.5) is 5.82 Å². The molecule has 2 aromatic heterocycles. The molecule has 0 saturated carbocycles. The number of hydrogen-bond acceptors (Lipinski definition) is 4. The Morgan fingerprint density at radius 1 is 1.28 bits per heavy atom. The van der Waals surface area contributed by atoms with Crippen molar-refractivity contribution in [1.82, 2.24) is 9.97 Å². The maximum atomic E-state index is 6.01. The molecule has 0 aliphatic heterocycles. The van der Waals surface area contributed by atoms with Crippen molar-refractivity contribution in [3.8, 4) is 10.6 Å². The van der Waals surface area contributed by atoms with Gasteiger partial charge in [0.25, 0.3) is 0 Å². The summed E-state index contributed by atoms with van der Waals surface area (Å²) in [5.41, 5.74) is 7.76. The Morgan fingerprint density at radius 2 is 1.94 bits per heavy atom. The van der Waals surface area contributed by atoms with E-state index >= 15 is 0 Å². The number of aromatic nitrogens is 2. The Balaban J connectivity index is 2.68. The second kappa shape index (κ2) is 4.63. The molecular formula is C13H16BrN3S. The Hall–Kier alpha value is -0.940. The molecule has 0 unspecified atom stereocenters. The SMILES string of the molecule is Cc1c(N)nc(C(C)(C)C)nc1-c1sccc1Br. The van der Waals surface area contributed by atoms with Crippen molar-refractivity contribution in [3.63, 3.8) is 0 Å². The van der Waals surface area contributed by atoms with Crippen LogP contribution in [-0.2, 0) is 5.41 Å². The van der Waals surface area contributed by atoms with Crippen LogP contribution in [0.2, 0.25) is 0 Å². The lowest BCUT2D eigenvalue weighted by Crippen LogP contribution is -2.18. The second-order valence-electron chi connectivity index (χ2n) is 5.25. The number of rotatable bonds is 1. The molecule has 0 spiro atoms. The summed E-state index contributed by atoms with van der Waals surface area (Å²) < 4.78 is 1.05. The topological polar surface area (TPSA) is 51.8 Å². The van der Waals surface area contributed by atoms with Crippen LogP contribution in [-0.4, -0.2) is 9.97 Å². The zero-order valence-corrected chi connectivity index (χ0v) is 13.3. The van der Waals surface area contributed by atoms with Gasteiger partial charge in [-0.3, -0.25) is 0 Å². The third-order valence-electron chi connectivity index (χ3n) is 2.69. The molecule has 5 heteroatoms. The fraction of sp³-hybridized carbons (Fsp3) is 0.385. The molecule has 0 aromatic carbocycles. The van der Waals surface area contributed by atoms with E-state index in [2.05, 4.69) is 41.7 Å². The minimum absolute atomic E-state index is 0.111. The summed E-state index contributed by atoms with van der Waals surface area (Å²) in [6, 6.07) is 2.02. The Morgan fingerprint density at radius 3 is 2.44 bits per heavy atom. The number of nitrogens with two attached hydrogens (primary N) is 1. The fourth-order valence-electron chi connectivity index (χ4n) is 1.55. The van der Waals surface area contributed by atoms with E-state index in [4.69, 9.17) is 10.7 Å². The van der Waals surface area contributed by atoms with E-state index < -0.39 is 0 Å². The molecule has 3 nitrogen and oxygen atoms in total. The summed E-state index contributed by atoms with van der Waals surface area (Å²) in [5, 5.41) is 2.04. The van der Waals surface area contributed by atoms with E-state index in [-0.39, 0.29) is 5.41 Å². The highest BCUT2D eigenvalue weighted by Crippen LogP contribution is 2.36. The van der Waals surface area contributed by atoms with Crippen molar-refractivity contribution in [1.29, 1.82) is 0 Å². The second-order valence-corrected chi connectivity index (χ2v) is 7.02. The van der Waals surface area contributed by atoms with Gasteiger partial charge in [0.15, 0.2) is 0 Å². The van der Waals surface area contributed by atoms with Crippen molar-refractivity contribution in [3.05, 3.63) is 27.3 Å². The highest BCUT2D eigenvalue weighted by Gasteiger charge is 2.22. The summed E-state index contributed by atoms with van der Waals surface area (Å²) >= 11 is 5.20. The van der Waals surface area contributed by atoms with Crippen LogP contribution in [0.15, 0.2) is 15.9 Å². The molecule has 0 atom stereocenters. The van der Waals surface area contributed by atoms with E-state index in [0.717, 1.165) is 26.4 Å². The van der Waals surface area contributed by atoms with Gasteiger partial charge >= 0.3 is 0 Å². The average molecular weight is 326 g/mol. The summed E-state index contributed by atoms with van der Waals surface area (Å²) in [5.74, 6) is 1.34. The number of nitrogen functional groups attached to an aromatic ring is 1. The fourth-order valence-corrected chi connectivity index (χ4v) is 3.16. The number of halogens is 1. The lowest BCUT2D eigenvalue weighted by Gasteiger charge is -2.19. The van der Waals surface area contributed by atoms with Crippen LogP contribution in [0.5, 0.6) is 0 Å². The minimum Gasteiger partial charge on any atom is -0.383 e. The first-order valence-electron chi connectivity index (χ1n) is 5.68. The van der Waals surface area contributed by atoms with Gasteiger partial charge in [-0.05, 0) is 34.3 Å². The number of hydrogen-bond donors (Lipinski definition) is 1. The van der Waals surface area contributed by atoms with Gasteiger partial charge in [-0.1, -0.05) is 20.8 Å². The van der Waals surface area contributed by atoms with Crippen molar-refractivity contribution < 1.29 is 0 Å². The van der Waals surface area contributed by atoms with E-state index in [1.54, 1.807) is 11.3 Å². The summed E-state index contributed by atoms with van der Waals surface area (Å²) in [4.78, 5) is 10.2. The first kappa shape index (κ1) is 13.5. The Kier molecular flexibility index (Phi) is 3.47. The molecule has 2 rings (SSSR count). The molecule has 0 amide bonds. The first-order valence-corrected chi connectivity index (χ1v) is 7.36. The maximum Gasteiger partial charge on any atom is 0.136 e. The van der Waals surface area contributed by atoms with Crippen LogP contribution in [0.1, 0.15) is 32.2 Å². The van der Waals surface area contributed by atoms with Crippen LogP contribution in [0.3, 0.4) is 0 Å². The molecule has 0 aliphatic rings. The van der Waals surface area contributed by atoms with Gasteiger partial charge in [0.2, 0.25) is 0 Å². The summed E-state index contributed by atoms with van der Waals surface area (Å²) in [7, 11) is 0. The minimum atomic E-state index is -0.111. The van der Waals surface area contributed by atoms with Crippen LogP contribution in [0, 0.1) is 6.92 Å². The van der Waals surface area contributed by atoms with Crippen molar-refractivity contribution in [2.45, 2.75) is 33.1 Å². The van der Waals surface area contributed by atoms with Gasteiger partial charge in [-0.15, -0.1) is 11.3 Å². The van der Waals surface area contributed by atoms with Crippen molar-refractivity contribution in [2.24, 2.45) is 0 Å². The number of thiophene rings is 1. The molecule has 0 fully saturated rings. The highest BCUT2D eigenvalue weighted by atomic mass is 79.9. The third kappa shape index (κ3) is 2.42. The van der Waals surface area contributed by atoms with Gasteiger partial charge in [0.05, 0.1) is 10.6 Å². The molecule has 0 saturated heterocycles. The van der Waals surface area contributed by atoms with Crippen LogP contribution in [0.25, 0.3) is 10.6 Å². The highest BCUT2D eigenvalue weighted by molar-refractivity contribution is 9.10. The molecule has 0 bridgehead atoms. The predicted octanol–water partition coefficient (Wildman–Crippen LogP) is 4.16. The number of nitrogens with zero attached hydrogens (tertiary/aromatic N) is 2. The summed E-state index contributed by atoms with van der Waals surface area (Å²) in [6.07, 6.45) is 0. The smallest absolute Gasteiger partial charge is 0.136 e.